The molecule has 0 bridgehead atoms. The normalized spacial score (nSPS) is 10.4. The van der Waals surface area contributed by atoms with Crippen LogP contribution in [-0.2, 0) is 9.47 Å². The van der Waals surface area contributed by atoms with E-state index in [0.717, 1.165) is 38.5 Å². The lowest BCUT2D eigenvalue weighted by atomic mass is 9.99. The third-order valence-corrected chi connectivity index (χ3v) is 4.65. The average Bonchev–Trinajstić information content (AvgIpc) is 2.78. The highest BCUT2D eigenvalue weighted by Gasteiger charge is 2.16. The molecule has 0 spiro atoms. The SMILES string of the molecule is C=CCCCCOC(=O)c1cc(C(=O)OCCCCC=C)cc(-c2ccc(F)cc2)c1. The number of carbonyl (C=O) groups excluding carboxylic acids is 2. The first-order chi connectivity index (χ1) is 15.0. The highest BCUT2D eigenvalue weighted by Crippen LogP contribution is 2.24. The van der Waals surface area contributed by atoms with Crippen molar-refractivity contribution in [2.75, 3.05) is 13.2 Å². The van der Waals surface area contributed by atoms with Gasteiger partial charge in [-0.05, 0) is 80.0 Å². The molecule has 0 aromatic heterocycles. The van der Waals surface area contributed by atoms with Crippen molar-refractivity contribution >= 4 is 11.9 Å². The summed E-state index contributed by atoms with van der Waals surface area (Å²) in [4.78, 5) is 25.1. The number of hydrogen-bond acceptors (Lipinski definition) is 4. The summed E-state index contributed by atoms with van der Waals surface area (Å²) < 4.78 is 24.0. The first kappa shape index (κ1) is 24.1. The van der Waals surface area contributed by atoms with Gasteiger partial charge in [-0.15, -0.1) is 13.2 Å². The predicted molar refractivity (Wildman–Crippen MR) is 120 cm³/mol. The van der Waals surface area contributed by atoms with Gasteiger partial charge in [-0.1, -0.05) is 24.3 Å². The molecule has 5 heteroatoms. The average molecular weight is 425 g/mol. The van der Waals surface area contributed by atoms with Gasteiger partial charge in [0.2, 0.25) is 0 Å². The van der Waals surface area contributed by atoms with E-state index in [-0.39, 0.29) is 30.2 Å². The molecule has 0 saturated carbocycles. The molecule has 31 heavy (non-hydrogen) atoms. The van der Waals surface area contributed by atoms with Gasteiger partial charge < -0.3 is 9.47 Å². The van der Waals surface area contributed by atoms with Crippen molar-refractivity contribution in [2.45, 2.75) is 38.5 Å². The van der Waals surface area contributed by atoms with Crippen LogP contribution in [0.1, 0.15) is 59.2 Å². The van der Waals surface area contributed by atoms with E-state index in [2.05, 4.69) is 13.2 Å². The number of ether oxygens (including phenoxy) is 2. The van der Waals surface area contributed by atoms with Crippen molar-refractivity contribution in [3.05, 3.63) is 84.7 Å². The maximum Gasteiger partial charge on any atom is 0.338 e. The minimum absolute atomic E-state index is 0.254. The summed E-state index contributed by atoms with van der Waals surface area (Å²) in [5.41, 5.74) is 1.80. The number of esters is 2. The van der Waals surface area contributed by atoms with Gasteiger partial charge in [0, 0.05) is 0 Å². The smallest absolute Gasteiger partial charge is 0.338 e. The van der Waals surface area contributed by atoms with E-state index in [9.17, 15) is 14.0 Å². The van der Waals surface area contributed by atoms with E-state index < -0.39 is 11.9 Å². The number of hydrogen-bond donors (Lipinski definition) is 0. The minimum atomic E-state index is -0.511. The highest BCUT2D eigenvalue weighted by molar-refractivity contribution is 5.97. The zero-order valence-electron chi connectivity index (χ0n) is 17.8. The number of unbranched alkanes of at least 4 members (excludes halogenated alkanes) is 4. The zero-order valence-corrected chi connectivity index (χ0v) is 17.8. The number of rotatable bonds is 13. The molecule has 0 aliphatic carbocycles. The van der Waals surface area contributed by atoms with Gasteiger partial charge in [-0.2, -0.15) is 0 Å². The summed E-state index contributed by atoms with van der Waals surface area (Å²) in [7, 11) is 0. The molecule has 0 heterocycles. The second kappa shape index (κ2) is 13.2. The van der Waals surface area contributed by atoms with Crippen LogP contribution in [0, 0.1) is 5.82 Å². The van der Waals surface area contributed by atoms with Crippen molar-refractivity contribution in [1.29, 1.82) is 0 Å². The third-order valence-electron chi connectivity index (χ3n) is 4.65. The number of benzene rings is 2. The Balaban J connectivity index is 2.18. The molecule has 164 valence electrons. The van der Waals surface area contributed by atoms with Crippen LogP contribution in [0.5, 0.6) is 0 Å². The van der Waals surface area contributed by atoms with Crippen LogP contribution in [0.15, 0.2) is 67.8 Å². The predicted octanol–water partition coefficient (Wildman–Crippen LogP) is 6.52. The van der Waals surface area contributed by atoms with Gasteiger partial charge in [-0.3, -0.25) is 0 Å². The van der Waals surface area contributed by atoms with Gasteiger partial charge in [0.15, 0.2) is 0 Å². The van der Waals surface area contributed by atoms with Crippen molar-refractivity contribution < 1.29 is 23.5 Å². The lowest BCUT2D eigenvalue weighted by Gasteiger charge is -2.11. The molecule has 0 saturated heterocycles. The molecule has 0 atom stereocenters. The Labute approximate surface area is 183 Å². The fourth-order valence-corrected chi connectivity index (χ4v) is 2.95. The fourth-order valence-electron chi connectivity index (χ4n) is 2.95. The van der Waals surface area contributed by atoms with Gasteiger partial charge in [-0.25, -0.2) is 14.0 Å². The third kappa shape index (κ3) is 8.21. The molecular weight excluding hydrogens is 395 g/mol. The molecule has 0 aliphatic heterocycles. The summed E-state index contributed by atoms with van der Waals surface area (Å²) >= 11 is 0. The summed E-state index contributed by atoms with van der Waals surface area (Å²) in [6.07, 6.45) is 8.60. The summed E-state index contributed by atoms with van der Waals surface area (Å²) in [6, 6.07) is 10.6. The molecule has 0 aliphatic rings. The maximum atomic E-state index is 13.3. The zero-order chi connectivity index (χ0) is 22.5. The van der Waals surface area contributed by atoms with Crippen LogP contribution < -0.4 is 0 Å². The topological polar surface area (TPSA) is 52.6 Å². The number of carbonyl (C=O) groups is 2. The molecule has 2 aromatic rings. The number of allylic oxidation sites excluding steroid dienone is 2. The summed E-state index contributed by atoms with van der Waals surface area (Å²) in [5.74, 6) is -1.39. The molecule has 0 radical (unpaired) electrons. The van der Waals surface area contributed by atoms with Gasteiger partial charge in [0.25, 0.3) is 0 Å². The second-order valence-corrected chi connectivity index (χ2v) is 7.15. The second-order valence-electron chi connectivity index (χ2n) is 7.15. The van der Waals surface area contributed by atoms with E-state index in [0.29, 0.717) is 11.1 Å². The highest BCUT2D eigenvalue weighted by atomic mass is 19.1. The monoisotopic (exact) mass is 424 g/mol. The molecule has 0 fully saturated rings. The minimum Gasteiger partial charge on any atom is -0.462 e. The lowest BCUT2D eigenvalue weighted by Crippen LogP contribution is -2.11. The maximum absolute atomic E-state index is 13.3. The van der Waals surface area contributed by atoms with Crippen molar-refractivity contribution in [3.63, 3.8) is 0 Å². The van der Waals surface area contributed by atoms with Gasteiger partial charge in [0.1, 0.15) is 5.82 Å². The first-order valence-electron chi connectivity index (χ1n) is 10.5. The largest absolute Gasteiger partial charge is 0.462 e. The van der Waals surface area contributed by atoms with Crippen LogP contribution in [0.25, 0.3) is 11.1 Å². The van der Waals surface area contributed by atoms with Crippen molar-refractivity contribution in [3.8, 4) is 11.1 Å². The van der Waals surface area contributed by atoms with Crippen LogP contribution in [0.2, 0.25) is 0 Å². The van der Waals surface area contributed by atoms with E-state index in [4.69, 9.17) is 9.47 Å². The van der Waals surface area contributed by atoms with Crippen molar-refractivity contribution in [2.24, 2.45) is 0 Å². The Morgan fingerprint density at radius 3 is 1.68 bits per heavy atom. The quantitative estimate of drug-likeness (QED) is 0.209. The number of halogens is 1. The Morgan fingerprint density at radius 1 is 0.742 bits per heavy atom. The molecule has 4 nitrogen and oxygen atoms in total. The molecule has 2 rings (SSSR count). The Bertz CT molecular complexity index is 839. The van der Waals surface area contributed by atoms with E-state index in [1.165, 1.54) is 18.2 Å². The van der Waals surface area contributed by atoms with Crippen LogP contribution in [-0.4, -0.2) is 25.2 Å². The Hall–Kier alpha value is -3.21. The van der Waals surface area contributed by atoms with Crippen molar-refractivity contribution in [1.82, 2.24) is 0 Å². The molecule has 2 aromatic carbocycles. The molecule has 0 unspecified atom stereocenters. The van der Waals surface area contributed by atoms with E-state index >= 15 is 0 Å². The van der Waals surface area contributed by atoms with Gasteiger partial charge >= 0.3 is 11.9 Å². The summed E-state index contributed by atoms with van der Waals surface area (Å²) in [5, 5.41) is 0. The van der Waals surface area contributed by atoms with Crippen LogP contribution >= 0.6 is 0 Å². The fraction of sp³-hybridized carbons (Fsp3) is 0.308. The molecule has 0 N–H and O–H groups in total. The van der Waals surface area contributed by atoms with Gasteiger partial charge in [0.05, 0.1) is 24.3 Å². The summed E-state index contributed by atoms with van der Waals surface area (Å²) in [6.45, 7) is 7.91. The van der Waals surface area contributed by atoms with Crippen LogP contribution in [0.3, 0.4) is 0 Å². The first-order valence-corrected chi connectivity index (χ1v) is 10.5. The standard InChI is InChI=1S/C26H29FO4/c1-3-5-7-9-15-30-25(28)22-17-21(20-11-13-24(27)14-12-20)18-23(19-22)26(29)31-16-10-8-6-4-2/h3-4,11-14,17-19H,1-2,5-10,15-16H2. The molecular formula is C26H29FO4. The van der Waals surface area contributed by atoms with E-state index in [1.807, 2.05) is 12.2 Å². The Kier molecular flexibility index (Phi) is 10.2. The van der Waals surface area contributed by atoms with E-state index in [1.54, 1.807) is 24.3 Å². The Morgan fingerprint density at radius 2 is 1.23 bits per heavy atom. The molecule has 0 amide bonds. The lowest BCUT2D eigenvalue weighted by molar-refractivity contribution is 0.0497. The van der Waals surface area contributed by atoms with Crippen LogP contribution in [0.4, 0.5) is 4.39 Å².